The molecule has 1 aliphatic carbocycles. The van der Waals surface area contributed by atoms with Crippen molar-refractivity contribution in [1.82, 2.24) is 5.32 Å². The maximum absolute atomic E-state index is 12.0. The third-order valence-corrected chi connectivity index (χ3v) is 3.53. The largest absolute Gasteiger partial charge is 0.382 e. The van der Waals surface area contributed by atoms with Crippen LogP contribution in [0.2, 0.25) is 0 Å². The predicted molar refractivity (Wildman–Crippen MR) is 70.2 cm³/mol. The summed E-state index contributed by atoms with van der Waals surface area (Å²) < 4.78 is 10.2. The van der Waals surface area contributed by atoms with E-state index in [2.05, 4.69) is 5.32 Å². The van der Waals surface area contributed by atoms with Crippen LogP contribution < -0.4 is 11.1 Å². The fourth-order valence-corrected chi connectivity index (χ4v) is 2.46. The van der Waals surface area contributed by atoms with Gasteiger partial charge >= 0.3 is 0 Å². The van der Waals surface area contributed by atoms with E-state index in [-0.39, 0.29) is 11.8 Å². The molecule has 1 aliphatic rings. The molecule has 3 N–H and O–H groups in total. The Morgan fingerprint density at radius 1 is 1.28 bits per heavy atom. The summed E-state index contributed by atoms with van der Waals surface area (Å²) in [6, 6.07) is 0. The minimum absolute atomic E-state index is 0.0997. The predicted octanol–water partition coefficient (Wildman–Crippen LogP) is 0.531. The summed E-state index contributed by atoms with van der Waals surface area (Å²) in [5.41, 5.74) is 5.72. The number of hydrogen-bond donors (Lipinski definition) is 2. The maximum atomic E-state index is 12.0. The monoisotopic (exact) mass is 258 g/mol. The molecule has 0 radical (unpaired) electrons. The highest BCUT2D eigenvalue weighted by Gasteiger charge is 2.29. The first-order valence-corrected chi connectivity index (χ1v) is 6.84. The Morgan fingerprint density at radius 3 is 2.78 bits per heavy atom. The number of carbonyl (C=O) groups is 1. The van der Waals surface area contributed by atoms with Gasteiger partial charge in [-0.05, 0) is 25.3 Å². The summed E-state index contributed by atoms with van der Waals surface area (Å²) in [6.07, 6.45) is 4.39. The molecule has 18 heavy (non-hydrogen) atoms. The Kier molecular flexibility index (Phi) is 7.96. The van der Waals surface area contributed by atoms with Crippen molar-refractivity contribution >= 4 is 5.91 Å². The van der Waals surface area contributed by atoms with Gasteiger partial charge in [-0.2, -0.15) is 0 Å². The van der Waals surface area contributed by atoms with E-state index in [1.807, 2.05) is 0 Å². The molecule has 1 amide bonds. The summed E-state index contributed by atoms with van der Waals surface area (Å²) in [5.74, 6) is 0.594. The highest BCUT2D eigenvalue weighted by Crippen LogP contribution is 2.29. The lowest BCUT2D eigenvalue weighted by Gasteiger charge is -2.29. The Hall–Kier alpha value is -0.650. The molecular weight excluding hydrogens is 232 g/mol. The van der Waals surface area contributed by atoms with Gasteiger partial charge < -0.3 is 20.5 Å². The Morgan fingerprint density at radius 2 is 2.06 bits per heavy atom. The standard InChI is InChI=1S/C13H26N2O3/c1-17-8-9-18-7-6-15-13(16)12-5-3-2-4-11(12)10-14/h11-12H,2-10,14H2,1H3,(H,15,16). The van der Waals surface area contributed by atoms with Crippen LogP contribution in [0.25, 0.3) is 0 Å². The second-order valence-corrected chi connectivity index (χ2v) is 4.78. The molecule has 0 heterocycles. The van der Waals surface area contributed by atoms with Crippen molar-refractivity contribution in [2.24, 2.45) is 17.6 Å². The van der Waals surface area contributed by atoms with E-state index in [0.717, 1.165) is 19.3 Å². The number of methoxy groups -OCH3 is 1. The lowest BCUT2D eigenvalue weighted by molar-refractivity contribution is -0.127. The van der Waals surface area contributed by atoms with E-state index < -0.39 is 0 Å². The van der Waals surface area contributed by atoms with E-state index in [1.54, 1.807) is 7.11 Å². The smallest absolute Gasteiger partial charge is 0.223 e. The number of carbonyl (C=O) groups excluding carboxylic acids is 1. The normalized spacial score (nSPS) is 23.9. The second-order valence-electron chi connectivity index (χ2n) is 4.78. The van der Waals surface area contributed by atoms with Gasteiger partial charge in [0.15, 0.2) is 0 Å². The van der Waals surface area contributed by atoms with Gasteiger partial charge in [-0.1, -0.05) is 12.8 Å². The van der Waals surface area contributed by atoms with Crippen molar-refractivity contribution in [2.45, 2.75) is 25.7 Å². The molecule has 2 atom stereocenters. The van der Waals surface area contributed by atoms with Gasteiger partial charge in [0.2, 0.25) is 5.91 Å². The van der Waals surface area contributed by atoms with Gasteiger partial charge in [0.05, 0.1) is 19.8 Å². The molecule has 0 aromatic rings. The molecule has 1 saturated carbocycles. The molecule has 2 unspecified atom stereocenters. The molecule has 0 aromatic heterocycles. The van der Waals surface area contributed by atoms with Crippen molar-refractivity contribution in [3.8, 4) is 0 Å². The summed E-state index contributed by atoms with van der Waals surface area (Å²) in [6.45, 7) is 2.88. The van der Waals surface area contributed by atoms with E-state index in [0.29, 0.717) is 38.8 Å². The van der Waals surface area contributed by atoms with Crippen LogP contribution in [-0.4, -0.2) is 45.9 Å². The zero-order valence-electron chi connectivity index (χ0n) is 11.3. The minimum Gasteiger partial charge on any atom is -0.382 e. The van der Waals surface area contributed by atoms with Crippen molar-refractivity contribution in [1.29, 1.82) is 0 Å². The van der Waals surface area contributed by atoms with Crippen molar-refractivity contribution < 1.29 is 14.3 Å². The zero-order valence-corrected chi connectivity index (χ0v) is 11.3. The number of ether oxygens (including phenoxy) is 2. The van der Waals surface area contributed by atoms with Crippen LogP contribution >= 0.6 is 0 Å². The van der Waals surface area contributed by atoms with Gasteiger partial charge in [0, 0.05) is 19.6 Å². The van der Waals surface area contributed by atoms with Crippen LogP contribution in [-0.2, 0) is 14.3 Å². The SMILES string of the molecule is COCCOCCNC(=O)C1CCCCC1CN. The lowest BCUT2D eigenvalue weighted by Crippen LogP contribution is -2.40. The summed E-state index contributed by atoms with van der Waals surface area (Å²) in [7, 11) is 1.64. The molecular formula is C13H26N2O3. The van der Waals surface area contributed by atoms with Gasteiger partial charge in [0.1, 0.15) is 0 Å². The van der Waals surface area contributed by atoms with E-state index >= 15 is 0 Å². The summed E-state index contributed by atoms with van der Waals surface area (Å²) in [4.78, 5) is 12.0. The fraction of sp³-hybridized carbons (Fsp3) is 0.923. The van der Waals surface area contributed by atoms with Crippen LogP contribution in [0.5, 0.6) is 0 Å². The van der Waals surface area contributed by atoms with Crippen LogP contribution in [0.15, 0.2) is 0 Å². The topological polar surface area (TPSA) is 73.6 Å². The molecule has 5 heteroatoms. The van der Waals surface area contributed by atoms with Gasteiger partial charge in [-0.3, -0.25) is 4.79 Å². The lowest BCUT2D eigenvalue weighted by atomic mass is 9.79. The Labute approximate surface area is 109 Å². The highest BCUT2D eigenvalue weighted by molar-refractivity contribution is 5.79. The van der Waals surface area contributed by atoms with Gasteiger partial charge in [0.25, 0.3) is 0 Å². The number of nitrogens with two attached hydrogens (primary N) is 1. The fourth-order valence-electron chi connectivity index (χ4n) is 2.46. The Balaban J connectivity index is 2.14. The number of amides is 1. The van der Waals surface area contributed by atoms with Gasteiger partial charge in [-0.15, -0.1) is 0 Å². The third kappa shape index (κ3) is 5.33. The van der Waals surface area contributed by atoms with E-state index in [1.165, 1.54) is 6.42 Å². The summed E-state index contributed by atoms with van der Waals surface area (Å²) >= 11 is 0. The highest BCUT2D eigenvalue weighted by atomic mass is 16.5. The van der Waals surface area contributed by atoms with Crippen molar-refractivity contribution in [3.05, 3.63) is 0 Å². The van der Waals surface area contributed by atoms with Gasteiger partial charge in [-0.25, -0.2) is 0 Å². The Bertz CT molecular complexity index is 236. The minimum atomic E-state index is 0.0997. The number of rotatable bonds is 8. The third-order valence-electron chi connectivity index (χ3n) is 3.53. The number of nitrogens with one attached hydrogen (secondary N) is 1. The first-order chi connectivity index (χ1) is 8.79. The summed E-state index contributed by atoms with van der Waals surface area (Å²) in [5, 5.41) is 2.93. The average molecular weight is 258 g/mol. The molecule has 5 nitrogen and oxygen atoms in total. The molecule has 0 bridgehead atoms. The molecule has 0 saturated heterocycles. The molecule has 106 valence electrons. The average Bonchev–Trinajstić information content (AvgIpc) is 2.42. The first kappa shape index (κ1) is 15.4. The van der Waals surface area contributed by atoms with Crippen LogP contribution in [0, 0.1) is 11.8 Å². The first-order valence-electron chi connectivity index (χ1n) is 6.84. The number of hydrogen-bond acceptors (Lipinski definition) is 4. The molecule has 1 fully saturated rings. The molecule has 0 aromatic carbocycles. The molecule has 0 aliphatic heterocycles. The molecule has 1 rings (SSSR count). The van der Waals surface area contributed by atoms with Crippen molar-refractivity contribution in [3.63, 3.8) is 0 Å². The zero-order chi connectivity index (χ0) is 13.2. The van der Waals surface area contributed by atoms with Crippen LogP contribution in [0.3, 0.4) is 0 Å². The van der Waals surface area contributed by atoms with Crippen molar-refractivity contribution in [2.75, 3.05) is 40.0 Å². The van der Waals surface area contributed by atoms with Crippen LogP contribution in [0.1, 0.15) is 25.7 Å². The van der Waals surface area contributed by atoms with E-state index in [4.69, 9.17) is 15.2 Å². The van der Waals surface area contributed by atoms with Crippen LogP contribution in [0.4, 0.5) is 0 Å². The van der Waals surface area contributed by atoms with E-state index in [9.17, 15) is 4.79 Å². The maximum Gasteiger partial charge on any atom is 0.223 e. The quantitative estimate of drug-likeness (QED) is 0.623. The molecule has 0 spiro atoms. The second kappa shape index (κ2) is 9.30.